The molecule has 3 aromatic heterocycles. The first-order valence-corrected chi connectivity index (χ1v) is 9.26. The minimum atomic E-state index is -0.126. The van der Waals surface area contributed by atoms with Gasteiger partial charge in [0.2, 0.25) is 0 Å². The highest BCUT2D eigenvalue weighted by Crippen LogP contribution is 2.42. The third kappa shape index (κ3) is 2.94. The Morgan fingerprint density at radius 2 is 2.30 bits per heavy atom. The van der Waals surface area contributed by atoms with E-state index in [1.165, 1.54) is 0 Å². The third-order valence-corrected chi connectivity index (χ3v) is 5.51. The van der Waals surface area contributed by atoms with Crippen LogP contribution in [0.15, 0.2) is 36.9 Å². The number of anilines is 1. The average molecular weight is 366 g/mol. The van der Waals surface area contributed by atoms with Gasteiger partial charge in [-0.05, 0) is 25.0 Å². The predicted octanol–water partition coefficient (Wildman–Crippen LogP) is 1.64. The number of rotatable bonds is 5. The van der Waals surface area contributed by atoms with Crippen LogP contribution in [-0.2, 0) is 16.1 Å². The first kappa shape index (κ1) is 16.6. The molecule has 0 N–H and O–H groups in total. The lowest BCUT2D eigenvalue weighted by Crippen LogP contribution is -2.66. The Morgan fingerprint density at radius 1 is 1.37 bits per heavy atom. The molecule has 0 aromatic carbocycles. The van der Waals surface area contributed by atoms with E-state index in [-0.39, 0.29) is 5.60 Å². The monoisotopic (exact) mass is 366 g/mol. The highest BCUT2D eigenvalue weighted by atomic mass is 16.5. The largest absolute Gasteiger partial charge is 0.376 e. The zero-order valence-corrected chi connectivity index (χ0v) is 15.3. The zero-order valence-electron chi connectivity index (χ0n) is 15.3. The molecule has 0 saturated carbocycles. The van der Waals surface area contributed by atoms with E-state index in [0.29, 0.717) is 24.9 Å². The number of hydrogen-bond acceptors (Lipinski definition) is 7. The summed E-state index contributed by atoms with van der Waals surface area (Å²) < 4.78 is 13.9. The highest BCUT2D eigenvalue weighted by Gasteiger charge is 2.53. The van der Waals surface area contributed by atoms with Crippen LogP contribution in [0.2, 0.25) is 0 Å². The fourth-order valence-corrected chi connectivity index (χ4v) is 4.07. The van der Waals surface area contributed by atoms with Gasteiger partial charge in [0.15, 0.2) is 0 Å². The van der Waals surface area contributed by atoms with Gasteiger partial charge in [0.1, 0.15) is 17.7 Å². The van der Waals surface area contributed by atoms with E-state index in [0.717, 1.165) is 43.2 Å². The Balaban J connectivity index is 1.25. The molecule has 3 aromatic rings. The smallest absolute Gasteiger partial charge is 0.254 e. The van der Waals surface area contributed by atoms with Crippen LogP contribution in [0, 0.1) is 12.8 Å². The van der Waals surface area contributed by atoms with Gasteiger partial charge in [0.25, 0.3) is 5.78 Å². The van der Waals surface area contributed by atoms with Crippen molar-refractivity contribution in [1.82, 2.24) is 24.6 Å². The number of ether oxygens (including phenoxy) is 2. The van der Waals surface area contributed by atoms with Gasteiger partial charge in [0.05, 0.1) is 26.3 Å². The van der Waals surface area contributed by atoms with Crippen molar-refractivity contribution in [3.8, 4) is 0 Å². The van der Waals surface area contributed by atoms with Crippen LogP contribution in [0.4, 0.5) is 5.82 Å². The molecule has 8 nitrogen and oxygen atoms in total. The summed E-state index contributed by atoms with van der Waals surface area (Å²) in [6.07, 6.45) is 6.21. The molecule has 0 radical (unpaired) electrons. The molecule has 5 rings (SSSR count). The Morgan fingerprint density at radius 3 is 3.15 bits per heavy atom. The van der Waals surface area contributed by atoms with Gasteiger partial charge in [-0.2, -0.15) is 14.6 Å². The van der Waals surface area contributed by atoms with Gasteiger partial charge < -0.3 is 14.4 Å². The topological polar surface area (TPSA) is 77.7 Å². The maximum absolute atomic E-state index is 6.17. The summed E-state index contributed by atoms with van der Waals surface area (Å²) in [5, 5.41) is 4.31. The van der Waals surface area contributed by atoms with Crippen LogP contribution in [0.1, 0.15) is 17.7 Å². The molecule has 2 aliphatic heterocycles. The van der Waals surface area contributed by atoms with Gasteiger partial charge in [-0.15, -0.1) is 0 Å². The number of fused-ring (bicyclic) bond motifs is 1. The molecule has 0 amide bonds. The van der Waals surface area contributed by atoms with Gasteiger partial charge in [-0.3, -0.25) is 4.98 Å². The van der Waals surface area contributed by atoms with E-state index in [2.05, 4.69) is 31.0 Å². The molecule has 2 fully saturated rings. The molecule has 1 spiro atoms. The second kappa shape index (κ2) is 6.54. The summed E-state index contributed by atoms with van der Waals surface area (Å²) in [6, 6.07) is 6.02. The van der Waals surface area contributed by atoms with Crippen molar-refractivity contribution >= 4 is 11.6 Å². The van der Waals surface area contributed by atoms with Crippen molar-refractivity contribution in [1.29, 1.82) is 0 Å². The Bertz CT molecular complexity index is 938. The van der Waals surface area contributed by atoms with Crippen molar-refractivity contribution in [3.63, 3.8) is 0 Å². The van der Waals surface area contributed by atoms with E-state index in [9.17, 15) is 0 Å². The summed E-state index contributed by atoms with van der Waals surface area (Å²) >= 11 is 0. The molecule has 1 unspecified atom stereocenters. The highest BCUT2D eigenvalue weighted by molar-refractivity contribution is 5.51. The fraction of sp³-hybridized carbons (Fsp3) is 0.474. The second-order valence-corrected chi connectivity index (χ2v) is 7.36. The Kier molecular flexibility index (Phi) is 4.02. The number of aromatic nitrogens is 5. The summed E-state index contributed by atoms with van der Waals surface area (Å²) in [5.74, 6) is 2.06. The first-order valence-electron chi connectivity index (χ1n) is 9.26. The van der Waals surface area contributed by atoms with Crippen molar-refractivity contribution in [2.45, 2.75) is 25.6 Å². The Labute approximate surface area is 157 Å². The summed E-state index contributed by atoms with van der Waals surface area (Å²) in [4.78, 5) is 15.0. The standard InChI is InChI=1S/C19H22N6O2/c1-14-7-17(25-18(23-14)21-13-22-25)24-11-19(12-24)16(4-6-27-19)10-26-9-15-3-2-5-20-8-15/h2-3,5,7-8,13,16H,4,6,9-12H2,1H3. The molecule has 0 aliphatic carbocycles. The Hall–Kier alpha value is -2.58. The summed E-state index contributed by atoms with van der Waals surface area (Å²) in [5.41, 5.74) is 1.91. The maximum atomic E-state index is 6.17. The first-order chi connectivity index (χ1) is 13.2. The SMILES string of the molecule is Cc1cc(N2CC3(C2)OCCC3COCc2cccnc2)n2ncnc2n1. The van der Waals surface area contributed by atoms with Gasteiger partial charge in [-0.1, -0.05) is 6.07 Å². The van der Waals surface area contributed by atoms with Crippen LogP contribution < -0.4 is 4.90 Å². The fourth-order valence-electron chi connectivity index (χ4n) is 4.07. The molecular weight excluding hydrogens is 344 g/mol. The van der Waals surface area contributed by atoms with Gasteiger partial charge >= 0.3 is 0 Å². The lowest BCUT2D eigenvalue weighted by Gasteiger charge is -2.51. The molecule has 8 heteroatoms. The number of hydrogen-bond donors (Lipinski definition) is 0. The molecule has 0 bridgehead atoms. The normalized spacial score (nSPS) is 21.1. The maximum Gasteiger partial charge on any atom is 0.254 e. The van der Waals surface area contributed by atoms with Crippen molar-refractivity contribution < 1.29 is 9.47 Å². The zero-order chi connectivity index (χ0) is 18.3. The number of nitrogens with zero attached hydrogens (tertiary/aromatic N) is 6. The number of aryl methyl sites for hydroxylation is 1. The minimum Gasteiger partial charge on any atom is -0.376 e. The third-order valence-electron chi connectivity index (χ3n) is 5.51. The van der Waals surface area contributed by atoms with Crippen LogP contribution >= 0.6 is 0 Å². The average Bonchev–Trinajstić information content (AvgIpc) is 3.27. The molecule has 2 saturated heterocycles. The lowest BCUT2D eigenvalue weighted by molar-refractivity contribution is -0.0656. The quantitative estimate of drug-likeness (QED) is 0.679. The van der Waals surface area contributed by atoms with Crippen molar-refractivity contribution in [2.75, 3.05) is 31.2 Å². The minimum absolute atomic E-state index is 0.126. The summed E-state index contributed by atoms with van der Waals surface area (Å²) in [6.45, 7) is 5.75. The molecule has 27 heavy (non-hydrogen) atoms. The van der Waals surface area contributed by atoms with E-state index >= 15 is 0 Å². The van der Waals surface area contributed by atoms with Crippen molar-refractivity contribution in [2.24, 2.45) is 5.92 Å². The molecule has 140 valence electrons. The van der Waals surface area contributed by atoms with Gasteiger partial charge in [-0.25, -0.2) is 4.98 Å². The molecule has 5 heterocycles. The van der Waals surface area contributed by atoms with E-state index in [4.69, 9.17) is 9.47 Å². The van der Waals surface area contributed by atoms with Crippen LogP contribution in [-0.4, -0.2) is 56.5 Å². The lowest BCUT2D eigenvalue weighted by atomic mass is 9.81. The van der Waals surface area contributed by atoms with Gasteiger partial charge in [0, 0.05) is 36.7 Å². The second-order valence-electron chi connectivity index (χ2n) is 7.36. The molecular formula is C19H22N6O2. The van der Waals surface area contributed by atoms with Crippen LogP contribution in [0.5, 0.6) is 0 Å². The van der Waals surface area contributed by atoms with Crippen LogP contribution in [0.25, 0.3) is 5.78 Å². The van der Waals surface area contributed by atoms with E-state index < -0.39 is 0 Å². The van der Waals surface area contributed by atoms with Crippen molar-refractivity contribution in [3.05, 3.63) is 48.2 Å². The molecule has 2 aliphatic rings. The number of pyridine rings is 1. The van der Waals surface area contributed by atoms with E-state index in [1.54, 1.807) is 17.0 Å². The predicted molar refractivity (Wildman–Crippen MR) is 98.4 cm³/mol. The van der Waals surface area contributed by atoms with E-state index in [1.807, 2.05) is 25.3 Å². The summed E-state index contributed by atoms with van der Waals surface area (Å²) in [7, 11) is 0. The molecule has 1 atom stereocenters. The van der Waals surface area contributed by atoms with Crippen LogP contribution in [0.3, 0.4) is 0 Å².